The number of aromatic nitrogens is 4. The molecule has 1 atom stereocenters. The van der Waals surface area contributed by atoms with E-state index in [0.29, 0.717) is 22.5 Å². The van der Waals surface area contributed by atoms with Gasteiger partial charge in [-0.3, -0.25) is 9.78 Å². The van der Waals surface area contributed by atoms with E-state index in [2.05, 4.69) is 20.3 Å². The van der Waals surface area contributed by atoms with E-state index < -0.39 is 17.8 Å². The molecule has 3 aromatic heterocycles. The smallest absolute Gasteiger partial charge is 0.250 e. The number of nitrogens with zero attached hydrogens (tertiary/aromatic N) is 5. The molecule has 4 rings (SSSR count). The second-order valence-electron chi connectivity index (χ2n) is 7.40. The van der Waals surface area contributed by atoms with E-state index in [-0.39, 0.29) is 28.1 Å². The van der Waals surface area contributed by atoms with Gasteiger partial charge in [0.05, 0.1) is 28.5 Å². The van der Waals surface area contributed by atoms with Gasteiger partial charge in [0.25, 0.3) is 0 Å². The number of carbonyl (C=O) groups is 1. The van der Waals surface area contributed by atoms with Crippen molar-refractivity contribution in [3.8, 4) is 17.3 Å². The number of hydrogen-bond acceptors (Lipinski definition) is 8. The van der Waals surface area contributed by atoms with Gasteiger partial charge in [-0.25, -0.2) is 19.3 Å². The van der Waals surface area contributed by atoms with Gasteiger partial charge in [0.15, 0.2) is 0 Å². The molecule has 9 nitrogen and oxygen atoms in total. The van der Waals surface area contributed by atoms with Crippen molar-refractivity contribution in [2.75, 3.05) is 11.1 Å². The molecule has 0 saturated heterocycles. The predicted octanol–water partition coefficient (Wildman–Crippen LogP) is 3.26. The standard InChI is InChI=1S/C23H19FN8O/c1-11-4-3-7-28-19(11)18-17(22(27)33)14-8-13(24)5-6-16(14)32-20(18)12(2)31-23-15(9-25)21(26)29-10-30-23/h3-8,10,12H,1-2H3,(H2,27,33)(H3,26,29,30,31). The van der Waals surface area contributed by atoms with Gasteiger partial charge in [0.2, 0.25) is 5.91 Å². The fourth-order valence-corrected chi connectivity index (χ4v) is 3.70. The van der Waals surface area contributed by atoms with Crippen LogP contribution < -0.4 is 16.8 Å². The summed E-state index contributed by atoms with van der Waals surface area (Å²) < 4.78 is 14.1. The molecule has 1 aromatic carbocycles. The zero-order chi connectivity index (χ0) is 23.7. The fraction of sp³-hybridized carbons (Fsp3) is 0.130. The number of rotatable bonds is 5. The Hall–Kier alpha value is -4.65. The lowest BCUT2D eigenvalue weighted by Crippen LogP contribution is -2.19. The number of fused-ring (bicyclic) bond motifs is 1. The Bertz CT molecular complexity index is 1450. The molecule has 0 saturated carbocycles. The maximum atomic E-state index is 14.1. The monoisotopic (exact) mass is 442 g/mol. The number of nitriles is 1. The molecular formula is C23H19FN8O. The number of halogens is 1. The SMILES string of the molecule is Cc1cccnc1-c1c(C(C)Nc2ncnc(N)c2C#N)nc2ccc(F)cc2c1C(N)=O. The first-order valence-corrected chi connectivity index (χ1v) is 9.93. The lowest BCUT2D eigenvalue weighted by molar-refractivity contribution is 0.100. The summed E-state index contributed by atoms with van der Waals surface area (Å²) >= 11 is 0. The Kier molecular flexibility index (Phi) is 5.54. The minimum Gasteiger partial charge on any atom is -0.382 e. The van der Waals surface area contributed by atoms with Crippen LogP contribution in [0.4, 0.5) is 16.0 Å². The zero-order valence-corrected chi connectivity index (χ0v) is 17.8. The van der Waals surface area contributed by atoms with Crippen LogP contribution in [-0.2, 0) is 0 Å². The summed E-state index contributed by atoms with van der Waals surface area (Å²) in [7, 11) is 0. The molecule has 0 aliphatic heterocycles. The molecule has 0 radical (unpaired) electrons. The lowest BCUT2D eigenvalue weighted by Gasteiger charge is -2.22. The van der Waals surface area contributed by atoms with Gasteiger partial charge in [-0.2, -0.15) is 5.26 Å². The first kappa shape index (κ1) is 21.6. The van der Waals surface area contributed by atoms with Gasteiger partial charge < -0.3 is 16.8 Å². The van der Waals surface area contributed by atoms with Gasteiger partial charge in [0.1, 0.15) is 35.4 Å². The Labute approximate surface area is 188 Å². The van der Waals surface area contributed by atoms with Gasteiger partial charge in [-0.05, 0) is 43.7 Å². The molecule has 0 bridgehead atoms. The molecule has 4 aromatic rings. The van der Waals surface area contributed by atoms with Crippen molar-refractivity contribution in [3.63, 3.8) is 0 Å². The molecule has 10 heteroatoms. The second kappa shape index (κ2) is 8.47. The summed E-state index contributed by atoms with van der Waals surface area (Å²) in [6.45, 7) is 3.62. The summed E-state index contributed by atoms with van der Waals surface area (Å²) in [6, 6.07) is 8.97. The van der Waals surface area contributed by atoms with Crippen LogP contribution in [-0.4, -0.2) is 25.8 Å². The number of benzene rings is 1. The molecule has 0 fully saturated rings. The zero-order valence-electron chi connectivity index (χ0n) is 17.8. The van der Waals surface area contributed by atoms with Crippen molar-refractivity contribution in [1.29, 1.82) is 5.26 Å². The Balaban J connectivity index is 2.02. The summed E-state index contributed by atoms with van der Waals surface area (Å²) in [6.07, 6.45) is 2.82. The van der Waals surface area contributed by atoms with E-state index in [0.717, 1.165) is 5.56 Å². The normalized spacial score (nSPS) is 11.7. The number of carbonyl (C=O) groups excluding carboxylic acids is 1. The van der Waals surface area contributed by atoms with Crippen LogP contribution in [0.3, 0.4) is 0 Å². The highest BCUT2D eigenvalue weighted by molar-refractivity contribution is 6.11. The van der Waals surface area contributed by atoms with Crippen LogP contribution in [0, 0.1) is 24.1 Å². The Morgan fingerprint density at radius 3 is 2.73 bits per heavy atom. The highest BCUT2D eigenvalue weighted by Gasteiger charge is 2.26. The van der Waals surface area contributed by atoms with E-state index in [1.54, 1.807) is 19.2 Å². The summed E-state index contributed by atoms with van der Waals surface area (Å²) in [4.78, 5) is 29.8. The summed E-state index contributed by atoms with van der Waals surface area (Å²) in [5.74, 6) is -1.03. The van der Waals surface area contributed by atoms with E-state index in [1.165, 1.54) is 24.5 Å². The number of nitrogens with one attached hydrogen (secondary N) is 1. The third-order valence-corrected chi connectivity index (χ3v) is 5.22. The van der Waals surface area contributed by atoms with Crippen LogP contribution in [0.25, 0.3) is 22.2 Å². The predicted molar refractivity (Wildman–Crippen MR) is 121 cm³/mol. The van der Waals surface area contributed by atoms with Gasteiger partial charge >= 0.3 is 0 Å². The largest absolute Gasteiger partial charge is 0.382 e. The molecule has 1 amide bonds. The molecule has 0 spiro atoms. The molecule has 3 heterocycles. The fourth-order valence-electron chi connectivity index (χ4n) is 3.70. The molecular weight excluding hydrogens is 423 g/mol. The first-order chi connectivity index (χ1) is 15.8. The van der Waals surface area contributed by atoms with Crippen LogP contribution in [0.1, 0.15) is 40.1 Å². The third-order valence-electron chi connectivity index (χ3n) is 5.22. The topological polar surface area (TPSA) is 156 Å². The van der Waals surface area contributed by atoms with Gasteiger partial charge in [-0.15, -0.1) is 0 Å². The summed E-state index contributed by atoms with van der Waals surface area (Å²) in [5, 5.41) is 12.9. The lowest BCUT2D eigenvalue weighted by atomic mass is 9.92. The number of nitrogens with two attached hydrogens (primary N) is 2. The first-order valence-electron chi connectivity index (χ1n) is 9.93. The minimum absolute atomic E-state index is 0.0303. The van der Waals surface area contributed by atoms with Crippen molar-refractivity contribution >= 4 is 28.4 Å². The Morgan fingerprint density at radius 1 is 1.24 bits per heavy atom. The number of primary amides is 1. The number of amides is 1. The summed E-state index contributed by atoms with van der Waals surface area (Å²) in [5.41, 5.74) is 14.2. The van der Waals surface area contributed by atoms with Crippen molar-refractivity contribution in [2.24, 2.45) is 5.73 Å². The highest BCUT2D eigenvalue weighted by Crippen LogP contribution is 2.36. The molecule has 5 N–H and O–H groups in total. The van der Waals surface area contributed by atoms with E-state index in [1.807, 2.05) is 19.1 Å². The number of pyridine rings is 2. The van der Waals surface area contributed by atoms with Crippen LogP contribution in [0.15, 0.2) is 42.9 Å². The number of anilines is 2. The van der Waals surface area contributed by atoms with Gasteiger partial charge in [0, 0.05) is 17.1 Å². The maximum Gasteiger partial charge on any atom is 0.250 e. The van der Waals surface area contributed by atoms with Crippen molar-refractivity contribution in [1.82, 2.24) is 19.9 Å². The van der Waals surface area contributed by atoms with Crippen molar-refractivity contribution < 1.29 is 9.18 Å². The van der Waals surface area contributed by atoms with Crippen LogP contribution in [0.2, 0.25) is 0 Å². The van der Waals surface area contributed by atoms with Crippen LogP contribution >= 0.6 is 0 Å². The van der Waals surface area contributed by atoms with E-state index >= 15 is 0 Å². The van der Waals surface area contributed by atoms with Gasteiger partial charge in [-0.1, -0.05) is 6.07 Å². The average molecular weight is 442 g/mol. The molecule has 33 heavy (non-hydrogen) atoms. The minimum atomic E-state index is -0.745. The second-order valence-corrected chi connectivity index (χ2v) is 7.40. The van der Waals surface area contributed by atoms with E-state index in [9.17, 15) is 14.4 Å². The molecule has 0 aliphatic carbocycles. The number of nitrogen functional groups attached to an aromatic ring is 1. The van der Waals surface area contributed by atoms with Crippen molar-refractivity contribution in [3.05, 3.63) is 71.1 Å². The number of hydrogen-bond donors (Lipinski definition) is 3. The average Bonchev–Trinajstić information content (AvgIpc) is 2.78. The highest BCUT2D eigenvalue weighted by atomic mass is 19.1. The molecule has 0 aliphatic rings. The van der Waals surface area contributed by atoms with Crippen molar-refractivity contribution in [2.45, 2.75) is 19.9 Å². The quantitative estimate of drug-likeness (QED) is 0.425. The van der Waals surface area contributed by atoms with E-state index in [4.69, 9.17) is 16.5 Å². The molecule has 164 valence electrons. The number of aryl methyl sites for hydroxylation is 1. The maximum absolute atomic E-state index is 14.1. The third kappa shape index (κ3) is 3.87. The van der Waals surface area contributed by atoms with Crippen LogP contribution in [0.5, 0.6) is 0 Å². The molecule has 1 unspecified atom stereocenters. The Morgan fingerprint density at radius 2 is 2.03 bits per heavy atom.